The van der Waals surface area contributed by atoms with E-state index in [0.717, 1.165) is 24.5 Å². The molecular formula is C12H20N2O2S. The van der Waals surface area contributed by atoms with Gasteiger partial charge in [-0.3, -0.25) is 14.5 Å². The van der Waals surface area contributed by atoms with Gasteiger partial charge >= 0.3 is 0 Å². The molecule has 5 heteroatoms. The fraction of sp³-hybridized carbons (Fsp3) is 0.667. The van der Waals surface area contributed by atoms with Gasteiger partial charge in [-0.2, -0.15) is 11.8 Å². The summed E-state index contributed by atoms with van der Waals surface area (Å²) in [5, 5.41) is 3.14. The standard InChI is InChI=1S/C12H20N2O2S/c1-3-6-14-11(15)9-10(12(14)16)13-5-8-17-7-4-2/h4,10,13H,2-3,5-9H2,1H3. The molecule has 0 aromatic heterocycles. The highest BCUT2D eigenvalue weighted by molar-refractivity contribution is 7.99. The first-order valence-corrected chi connectivity index (χ1v) is 7.12. The van der Waals surface area contributed by atoms with Crippen molar-refractivity contribution in [3.05, 3.63) is 12.7 Å². The van der Waals surface area contributed by atoms with E-state index in [4.69, 9.17) is 0 Å². The van der Waals surface area contributed by atoms with Gasteiger partial charge in [-0.15, -0.1) is 6.58 Å². The van der Waals surface area contributed by atoms with Crippen LogP contribution in [-0.4, -0.2) is 47.4 Å². The van der Waals surface area contributed by atoms with Gasteiger partial charge in [0.25, 0.3) is 0 Å². The maximum atomic E-state index is 11.8. The molecule has 1 aliphatic heterocycles. The first-order chi connectivity index (χ1) is 8.20. The Morgan fingerprint density at radius 2 is 2.35 bits per heavy atom. The first-order valence-electron chi connectivity index (χ1n) is 5.97. The summed E-state index contributed by atoms with van der Waals surface area (Å²) in [7, 11) is 0. The van der Waals surface area contributed by atoms with Gasteiger partial charge in [-0.05, 0) is 6.42 Å². The predicted molar refractivity (Wildman–Crippen MR) is 70.9 cm³/mol. The Kier molecular flexibility index (Phi) is 6.29. The number of hydrogen-bond acceptors (Lipinski definition) is 4. The van der Waals surface area contributed by atoms with Crippen molar-refractivity contribution in [2.45, 2.75) is 25.8 Å². The van der Waals surface area contributed by atoms with Crippen LogP contribution in [-0.2, 0) is 9.59 Å². The van der Waals surface area contributed by atoms with Gasteiger partial charge in [0.1, 0.15) is 0 Å². The number of rotatable bonds is 8. The topological polar surface area (TPSA) is 49.4 Å². The second-order valence-electron chi connectivity index (χ2n) is 3.96. The fourth-order valence-corrected chi connectivity index (χ4v) is 2.37. The lowest BCUT2D eigenvalue weighted by molar-refractivity contribution is -0.138. The SMILES string of the molecule is C=CCSCCNC1CC(=O)N(CCC)C1=O. The second-order valence-corrected chi connectivity index (χ2v) is 5.11. The van der Waals surface area contributed by atoms with E-state index in [0.29, 0.717) is 13.0 Å². The average Bonchev–Trinajstić information content (AvgIpc) is 2.57. The molecule has 1 aliphatic rings. The Balaban J connectivity index is 2.28. The lowest BCUT2D eigenvalue weighted by Gasteiger charge is -2.14. The Labute approximate surface area is 107 Å². The molecule has 1 unspecified atom stereocenters. The third-order valence-corrected chi connectivity index (χ3v) is 3.53. The van der Waals surface area contributed by atoms with Gasteiger partial charge in [0.15, 0.2) is 0 Å². The van der Waals surface area contributed by atoms with E-state index in [1.54, 1.807) is 11.8 Å². The zero-order valence-electron chi connectivity index (χ0n) is 10.3. The highest BCUT2D eigenvalue weighted by atomic mass is 32.2. The van der Waals surface area contributed by atoms with Crippen LogP contribution in [0.1, 0.15) is 19.8 Å². The summed E-state index contributed by atoms with van der Waals surface area (Å²) >= 11 is 1.76. The van der Waals surface area contributed by atoms with Crippen molar-refractivity contribution < 1.29 is 9.59 Å². The molecule has 2 amide bonds. The summed E-state index contributed by atoms with van der Waals surface area (Å²) in [6.45, 7) is 6.90. The average molecular weight is 256 g/mol. The Hall–Kier alpha value is -0.810. The number of carbonyl (C=O) groups is 2. The highest BCUT2D eigenvalue weighted by Gasteiger charge is 2.37. The fourth-order valence-electron chi connectivity index (χ4n) is 1.77. The largest absolute Gasteiger partial charge is 0.305 e. The highest BCUT2D eigenvalue weighted by Crippen LogP contribution is 2.13. The van der Waals surface area contributed by atoms with Gasteiger partial charge in [-0.25, -0.2) is 0 Å². The predicted octanol–water partition coefficient (Wildman–Crippen LogP) is 1.03. The molecule has 4 nitrogen and oxygen atoms in total. The van der Waals surface area contributed by atoms with Crippen LogP contribution in [0.15, 0.2) is 12.7 Å². The minimum absolute atomic E-state index is 0.0481. The molecule has 1 saturated heterocycles. The summed E-state index contributed by atoms with van der Waals surface area (Å²) < 4.78 is 0. The summed E-state index contributed by atoms with van der Waals surface area (Å²) in [4.78, 5) is 24.8. The molecule has 0 aromatic rings. The van der Waals surface area contributed by atoms with Crippen LogP contribution in [0.3, 0.4) is 0 Å². The second kappa shape index (κ2) is 7.50. The minimum atomic E-state index is -0.307. The molecule has 0 saturated carbocycles. The zero-order chi connectivity index (χ0) is 12.7. The maximum absolute atomic E-state index is 11.8. The maximum Gasteiger partial charge on any atom is 0.246 e. The molecule has 1 fully saturated rings. The first kappa shape index (κ1) is 14.3. The molecule has 1 N–H and O–H groups in total. The van der Waals surface area contributed by atoms with Crippen molar-refractivity contribution in [1.82, 2.24) is 10.2 Å². The Bertz CT molecular complexity index is 294. The van der Waals surface area contributed by atoms with Crippen molar-refractivity contribution in [2.75, 3.05) is 24.6 Å². The van der Waals surface area contributed by atoms with E-state index in [1.165, 1.54) is 4.90 Å². The zero-order valence-corrected chi connectivity index (χ0v) is 11.1. The number of imide groups is 1. The molecule has 96 valence electrons. The van der Waals surface area contributed by atoms with Crippen molar-refractivity contribution >= 4 is 23.6 Å². The minimum Gasteiger partial charge on any atom is -0.305 e. The van der Waals surface area contributed by atoms with Gasteiger partial charge in [0, 0.05) is 24.6 Å². The molecule has 1 heterocycles. The van der Waals surface area contributed by atoms with Crippen LogP contribution in [0.5, 0.6) is 0 Å². The van der Waals surface area contributed by atoms with Crippen molar-refractivity contribution in [3.63, 3.8) is 0 Å². The van der Waals surface area contributed by atoms with E-state index in [1.807, 2.05) is 13.0 Å². The smallest absolute Gasteiger partial charge is 0.246 e. The van der Waals surface area contributed by atoms with Crippen molar-refractivity contribution in [1.29, 1.82) is 0 Å². The van der Waals surface area contributed by atoms with Crippen LogP contribution in [0.2, 0.25) is 0 Å². The molecule has 17 heavy (non-hydrogen) atoms. The van der Waals surface area contributed by atoms with Gasteiger partial charge in [0.05, 0.1) is 12.5 Å². The third kappa shape index (κ3) is 4.16. The number of thioether (sulfide) groups is 1. The normalized spacial score (nSPS) is 20.1. The lowest BCUT2D eigenvalue weighted by atomic mass is 10.2. The Morgan fingerprint density at radius 1 is 1.59 bits per heavy atom. The molecule has 0 spiro atoms. The summed E-state index contributed by atoms with van der Waals surface area (Å²) in [6.07, 6.45) is 2.99. The Morgan fingerprint density at radius 3 is 3.00 bits per heavy atom. The molecule has 0 bridgehead atoms. The van der Waals surface area contributed by atoms with E-state index in [2.05, 4.69) is 11.9 Å². The summed E-state index contributed by atoms with van der Waals surface area (Å²) in [5.74, 6) is 1.73. The monoisotopic (exact) mass is 256 g/mol. The van der Waals surface area contributed by atoms with Crippen molar-refractivity contribution in [3.8, 4) is 0 Å². The quantitative estimate of drug-likeness (QED) is 0.400. The van der Waals surface area contributed by atoms with E-state index in [-0.39, 0.29) is 17.9 Å². The van der Waals surface area contributed by atoms with Crippen LogP contribution < -0.4 is 5.32 Å². The van der Waals surface area contributed by atoms with Crippen molar-refractivity contribution in [2.24, 2.45) is 0 Å². The van der Waals surface area contributed by atoms with E-state index in [9.17, 15) is 9.59 Å². The van der Waals surface area contributed by atoms with Crippen LogP contribution >= 0.6 is 11.8 Å². The van der Waals surface area contributed by atoms with Gasteiger partial charge < -0.3 is 5.32 Å². The molecule has 1 rings (SSSR count). The van der Waals surface area contributed by atoms with E-state index >= 15 is 0 Å². The summed E-state index contributed by atoms with van der Waals surface area (Å²) in [5.41, 5.74) is 0. The number of nitrogens with zero attached hydrogens (tertiary/aromatic N) is 1. The molecule has 0 radical (unpaired) electrons. The molecule has 0 aliphatic carbocycles. The number of hydrogen-bond donors (Lipinski definition) is 1. The number of amides is 2. The van der Waals surface area contributed by atoms with Gasteiger partial charge in [0.2, 0.25) is 11.8 Å². The van der Waals surface area contributed by atoms with Crippen LogP contribution in [0.4, 0.5) is 0 Å². The van der Waals surface area contributed by atoms with Gasteiger partial charge in [-0.1, -0.05) is 13.0 Å². The molecule has 1 atom stereocenters. The number of likely N-dealkylation sites (tertiary alicyclic amines) is 1. The number of nitrogens with one attached hydrogen (secondary N) is 1. The molecular weight excluding hydrogens is 236 g/mol. The van der Waals surface area contributed by atoms with E-state index < -0.39 is 0 Å². The molecule has 0 aromatic carbocycles. The summed E-state index contributed by atoms with van der Waals surface area (Å²) in [6, 6.07) is -0.307. The van der Waals surface area contributed by atoms with Crippen LogP contribution in [0.25, 0.3) is 0 Å². The lowest BCUT2D eigenvalue weighted by Crippen LogP contribution is -2.39. The van der Waals surface area contributed by atoms with Crippen LogP contribution in [0, 0.1) is 0 Å². The third-order valence-electron chi connectivity index (χ3n) is 2.56. The number of carbonyl (C=O) groups excluding carboxylic acids is 2.